The highest BCUT2D eigenvalue weighted by Crippen LogP contribution is 2.53. The fourth-order valence-electron chi connectivity index (χ4n) is 5.03. The first-order valence-corrected chi connectivity index (χ1v) is 12.6. The Balaban J connectivity index is 1.93. The lowest BCUT2D eigenvalue weighted by atomic mass is 9.68. The van der Waals surface area contributed by atoms with Crippen molar-refractivity contribution in [1.82, 2.24) is 5.32 Å². The average molecular weight is 530 g/mol. The molecule has 1 atom stereocenters. The van der Waals surface area contributed by atoms with Crippen molar-refractivity contribution in [3.63, 3.8) is 0 Å². The number of hydrogen-bond acceptors (Lipinski definition) is 3. The standard InChI is InChI=1S/C30H34F3NO4/c1-19(2)16-25(38-24-12-10-23(11-13-24)28(37)34-15-14-26(35)36)29(30(31,32)33)17-20(3)27(21(4)18-29)22-8-6-5-7-9-22/h5-13,17-19,25,27H,14-16H2,1-4H3,(H,34,37)(H,35,36). The van der Waals surface area contributed by atoms with Gasteiger partial charge in [0.25, 0.3) is 5.91 Å². The summed E-state index contributed by atoms with van der Waals surface area (Å²) in [5.41, 5.74) is 0.0789. The molecule has 1 amide bonds. The number of rotatable bonds is 10. The number of allylic oxidation sites excluding steroid dienone is 2. The van der Waals surface area contributed by atoms with Crippen molar-refractivity contribution in [2.24, 2.45) is 11.3 Å². The Morgan fingerprint density at radius 3 is 2.08 bits per heavy atom. The molecule has 5 nitrogen and oxygen atoms in total. The highest BCUT2D eigenvalue weighted by molar-refractivity contribution is 5.94. The number of aliphatic carboxylic acids is 1. The van der Waals surface area contributed by atoms with Gasteiger partial charge in [0, 0.05) is 18.0 Å². The number of amides is 1. The van der Waals surface area contributed by atoms with Gasteiger partial charge in [0.2, 0.25) is 0 Å². The molecule has 0 heterocycles. The van der Waals surface area contributed by atoms with Crippen LogP contribution >= 0.6 is 0 Å². The molecular formula is C30H34F3NO4. The van der Waals surface area contributed by atoms with Gasteiger partial charge in [0.15, 0.2) is 0 Å². The van der Waals surface area contributed by atoms with Crippen LogP contribution in [0, 0.1) is 11.3 Å². The third-order valence-electron chi connectivity index (χ3n) is 6.71. The Morgan fingerprint density at radius 1 is 1.00 bits per heavy atom. The van der Waals surface area contributed by atoms with Gasteiger partial charge in [0.1, 0.15) is 17.3 Å². The van der Waals surface area contributed by atoms with Crippen molar-refractivity contribution in [1.29, 1.82) is 0 Å². The first kappa shape index (κ1) is 29.0. The summed E-state index contributed by atoms with van der Waals surface area (Å²) < 4.78 is 50.9. The number of carbonyl (C=O) groups excluding carboxylic acids is 1. The van der Waals surface area contributed by atoms with Gasteiger partial charge in [-0.1, -0.05) is 67.5 Å². The van der Waals surface area contributed by atoms with Gasteiger partial charge in [-0.15, -0.1) is 0 Å². The maximum absolute atomic E-state index is 15.0. The lowest BCUT2D eigenvalue weighted by molar-refractivity contribution is -0.215. The molecule has 2 aromatic rings. The van der Waals surface area contributed by atoms with Crippen LogP contribution in [0.15, 0.2) is 77.9 Å². The van der Waals surface area contributed by atoms with Crippen molar-refractivity contribution < 1.29 is 32.6 Å². The summed E-state index contributed by atoms with van der Waals surface area (Å²) in [5, 5.41) is 11.2. The SMILES string of the molecule is CC1=CC(C(CC(C)C)Oc2ccc(C(=O)NCCC(=O)O)cc2)(C(F)(F)F)C=C(C)C1c1ccccc1. The van der Waals surface area contributed by atoms with E-state index in [1.54, 1.807) is 13.8 Å². The number of ether oxygens (including phenoxy) is 1. The first-order valence-electron chi connectivity index (χ1n) is 12.6. The molecule has 2 aromatic carbocycles. The summed E-state index contributed by atoms with van der Waals surface area (Å²) in [4.78, 5) is 22.9. The average Bonchev–Trinajstić information content (AvgIpc) is 2.83. The number of carboxylic acid groups (broad SMARTS) is 1. The van der Waals surface area contributed by atoms with E-state index in [-0.39, 0.29) is 42.5 Å². The van der Waals surface area contributed by atoms with Crippen molar-refractivity contribution in [2.45, 2.75) is 58.7 Å². The maximum Gasteiger partial charge on any atom is 0.404 e. The van der Waals surface area contributed by atoms with Crippen molar-refractivity contribution in [3.8, 4) is 5.75 Å². The number of carboxylic acids is 1. The van der Waals surface area contributed by atoms with Crippen LogP contribution in [0.3, 0.4) is 0 Å². The van der Waals surface area contributed by atoms with Gasteiger partial charge >= 0.3 is 12.1 Å². The number of benzene rings is 2. The predicted octanol–water partition coefficient (Wildman–Crippen LogP) is 6.92. The molecule has 2 N–H and O–H groups in total. The molecule has 0 bridgehead atoms. The van der Waals surface area contributed by atoms with Crippen molar-refractivity contribution in [2.75, 3.05) is 6.54 Å². The quantitative estimate of drug-likeness (QED) is 0.328. The van der Waals surface area contributed by atoms with Gasteiger partial charge in [-0.05, 0) is 56.0 Å². The van der Waals surface area contributed by atoms with E-state index in [0.29, 0.717) is 11.1 Å². The number of alkyl halides is 3. The summed E-state index contributed by atoms with van der Waals surface area (Å²) in [6.07, 6.45) is -3.28. The van der Waals surface area contributed by atoms with Crippen LogP contribution in [0.1, 0.15) is 62.4 Å². The minimum atomic E-state index is -4.61. The number of halogens is 3. The van der Waals surface area contributed by atoms with Crippen LogP contribution in [0.4, 0.5) is 13.2 Å². The molecule has 8 heteroatoms. The van der Waals surface area contributed by atoms with E-state index in [1.807, 2.05) is 44.2 Å². The Bertz CT molecular complexity index is 1160. The van der Waals surface area contributed by atoms with Crippen LogP contribution in [0.5, 0.6) is 5.75 Å². The first-order chi connectivity index (χ1) is 17.8. The Morgan fingerprint density at radius 2 is 1.58 bits per heavy atom. The van der Waals surface area contributed by atoms with E-state index in [4.69, 9.17) is 9.84 Å². The summed E-state index contributed by atoms with van der Waals surface area (Å²) >= 11 is 0. The topological polar surface area (TPSA) is 75.6 Å². The molecule has 0 saturated carbocycles. The fourth-order valence-corrected chi connectivity index (χ4v) is 5.03. The predicted molar refractivity (Wildman–Crippen MR) is 140 cm³/mol. The second kappa shape index (κ2) is 11.9. The summed E-state index contributed by atoms with van der Waals surface area (Å²) in [5.74, 6) is -1.61. The van der Waals surface area contributed by atoms with E-state index >= 15 is 0 Å². The summed E-state index contributed by atoms with van der Waals surface area (Å²) in [6.45, 7) is 7.15. The fraction of sp³-hybridized carbons (Fsp3) is 0.400. The third kappa shape index (κ3) is 6.65. The Kier molecular flexibility index (Phi) is 9.07. The van der Waals surface area contributed by atoms with E-state index in [0.717, 1.165) is 5.56 Å². The zero-order valence-electron chi connectivity index (χ0n) is 22.0. The zero-order valence-corrected chi connectivity index (χ0v) is 22.0. The second-order valence-corrected chi connectivity index (χ2v) is 10.2. The van der Waals surface area contributed by atoms with Crippen LogP contribution in [0.25, 0.3) is 0 Å². The molecule has 1 aliphatic rings. The van der Waals surface area contributed by atoms with Gasteiger partial charge in [-0.25, -0.2) is 0 Å². The molecule has 0 radical (unpaired) electrons. The van der Waals surface area contributed by atoms with Gasteiger partial charge in [-0.3, -0.25) is 9.59 Å². The Hall–Kier alpha value is -3.55. The van der Waals surface area contributed by atoms with Crippen LogP contribution in [0.2, 0.25) is 0 Å². The zero-order chi connectivity index (χ0) is 28.1. The molecule has 0 saturated heterocycles. The number of nitrogens with one attached hydrogen (secondary N) is 1. The minimum absolute atomic E-state index is 0.0294. The monoisotopic (exact) mass is 529 g/mol. The molecule has 0 spiro atoms. The number of hydrogen-bond donors (Lipinski definition) is 2. The second-order valence-electron chi connectivity index (χ2n) is 10.2. The molecule has 204 valence electrons. The molecule has 3 rings (SSSR count). The highest BCUT2D eigenvalue weighted by atomic mass is 19.4. The minimum Gasteiger partial charge on any atom is -0.489 e. The normalized spacial score (nSPS) is 20.4. The third-order valence-corrected chi connectivity index (χ3v) is 6.71. The highest BCUT2D eigenvalue weighted by Gasteiger charge is 2.59. The van der Waals surface area contributed by atoms with Crippen molar-refractivity contribution in [3.05, 3.63) is 89.0 Å². The van der Waals surface area contributed by atoms with Crippen molar-refractivity contribution >= 4 is 11.9 Å². The molecule has 1 unspecified atom stereocenters. The van der Waals surface area contributed by atoms with E-state index in [9.17, 15) is 22.8 Å². The van der Waals surface area contributed by atoms with Gasteiger partial charge in [0.05, 0.1) is 6.42 Å². The smallest absolute Gasteiger partial charge is 0.404 e. The van der Waals surface area contributed by atoms with E-state index in [1.165, 1.54) is 36.4 Å². The van der Waals surface area contributed by atoms with Crippen LogP contribution < -0.4 is 10.1 Å². The molecular weight excluding hydrogens is 495 g/mol. The van der Waals surface area contributed by atoms with Gasteiger partial charge < -0.3 is 15.2 Å². The lowest BCUT2D eigenvalue weighted by Crippen LogP contribution is -2.50. The number of carbonyl (C=O) groups is 2. The molecule has 0 aliphatic heterocycles. The van der Waals surface area contributed by atoms with E-state index in [2.05, 4.69) is 5.32 Å². The van der Waals surface area contributed by atoms with Crippen LogP contribution in [-0.2, 0) is 4.79 Å². The molecule has 0 aromatic heterocycles. The lowest BCUT2D eigenvalue weighted by Gasteiger charge is -2.43. The summed E-state index contributed by atoms with van der Waals surface area (Å²) in [7, 11) is 0. The Labute approximate surface area is 221 Å². The largest absolute Gasteiger partial charge is 0.489 e. The van der Waals surface area contributed by atoms with Crippen LogP contribution in [-0.4, -0.2) is 35.8 Å². The molecule has 0 fully saturated rings. The molecule has 1 aliphatic carbocycles. The maximum atomic E-state index is 15.0. The van der Waals surface area contributed by atoms with E-state index < -0.39 is 29.6 Å². The summed E-state index contributed by atoms with van der Waals surface area (Å²) in [6, 6.07) is 15.3. The van der Waals surface area contributed by atoms with Gasteiger partial charge in [-0.2, -0.15) is 13.2 Å². The molecule has 38 heavy (non-hydrogen) atoms.